The Morgan fingerprint density at radius 1 is 1.21 bits per heavy atom. The second-order valence-electron chi connectivity index (χ2n) is 5.36. The van der Waals surface area contributed by atoms with E-state index in [1.807, 2.05) is 43.3 Å². The maximum absolute atomic E-state index is 11.5. The van der Waals surface area contributed by atoms with Gasteiger partial charge in [0.2, 0.25) is 5.89 Å². The van der Waals surface area contributed by atoms with E-state index in [1.54, 1.807) is 18.3 Å². The van der Waals surface area contributed by atoms with Crippen molar-refractivity contribution in [1.29, 1.82) is 0 Å². The van der Waals surface area contributed by atoms with Crippen molar-refractivity contribution in [2.24, 2.45) is 0 Å². The van der Waals surface area contributed by atoms with Gasteiger partial charge < -0.3 is 14.5 Å². The highest BCUT2D eigenvalue weighted by Gasteiger charge is 2.09. The summed E-state index contributed by atoms with van der Waals surface area (Å²) < 4.78 is 10.5. The Morgan fingerprint density at radius 3 is 2.71 bits per heavy atom. The van der Waals surface area contributed by atoms with E-state index in [2.05, 4.69) is 10.3 Å². The number of carbonyl (C=O) groups excluding carboxylic acids is 1. The Balaban J connectivity index is 1.68. The van der Waals surface area contributed by atoms with Crippen molar-refractivity contribution < 1.29 is 13.9 Å². The zero-order valence-electron chi connectivity index (χ0n) is 13.6. The smallest absolute Gasteiger partial charge is 0.337 e. The minimum Gasteiger partial charge on any atom is -0.465 e. The molecule has 0 spiro atoms. The lowest BCUT2D eigenvalue weighted by Gasteiger charge is -2.09. The number of carbonyl (C=O) groups is 1. The van der Waals surface area contributed by atoms with Crippen LogP contribution >= 0.6 is 0 Å². The molecule has 0 saturated heterocycles. The number of nitrogens with one attached hydrogen (secondary N) is 1. The number of rotatable bonds is 5. The van der Waals surface area contributed by atoms with Gasteiger partial charge in [-0.2, -0.15) is 0 Å². The van der Waals surface area contributed by atoms with Crippen LogP contribution < -0.4 is 5.32 Å². The molecule has 3 rings (SSSR count). The summed E-state index contributed by atoms with van der Waals surface area (Å²) in [4.78, 5) is 15.8. The van der Waals surface area contributed by atoms with Crippen LogP contribution in [0, 0.1) is 6.92 Å². The molecule has 122 valence electrons. The molecular formula is C19H18N2O3. The number of hydrogen-bond donors (Lipinski definition) is 1. The van der Waals surface area contributed by atoms with Crippen LogP contribution in [0.1, 0.15) is 21.8 Å². The van der Waals surface area contributed by atoms with Gasteiger partial charge in [-0.3, -0.25) is 0 Å². The first-order valence-electron chi connectivity index (χ1n) is 7.60. The fourth-order valence-electron chi connectivity index (χ4n) is 2.41. The monoisotopic (exact) mass is 322 g/mol. The Kier molecular flexibility index (Phi) is 4.61. The third kappa shape index (κ3) is 3.46. The molecule has 0 radical (unpaired) electrons. The van der Waals surface area contributed by atoms with Crippen LogP contribution in [-0.4, -0.2) is 18.1 Å². The summed E-state index contributed by atoms with van der Waals surface area (Å²) in [5, 5.41) is 3.27. The molecule has 1 N–H and O–H groups in total. The van der Waals surface area contributed by atoms with Gasteiger partial charge >= 0.3 is 5.97 Å². The molecule has 0 aliphatic carbocycles. The van der Waals surface area contributed by atoms with Gasteiger partial charge in [-0.05, 0) is 30.7 Å². The lowest BCUT2D eigenvalue weighted by Crippen LogP contribution is -2.04. The van der Waals surface area contributed by atoms with Gasteiger partial charge in [-0.15, -0.1) is 0 Å². The predicted molar refractivity (Wildman–Crippen MR) is 91.8 cm³/mol. The average Bonchev–Trinajstić information content (AvgIpc) is 3.09. The van der Waals surface area contributed by atoms with E-state index in [0.29, 0.717) is 18.0 Å². The lowest BCUT2D eigenvalue weighted by molar-refractivity contribution is 0.0600. The molecule has 0 aliphatic heterocycles. The molecule has 2 aromatic carbocycles. The van der Waals surface area contributed by atoms with Gasteiger partial charge in [0.05, 0.1) is 25.4 Å². The standard InChI is InChI=1S/C19H18N2O3/c1-13-10-15(19(22)23-2)8-9-16(13)20-12-18-21-11-17(24-18)14-6-4-3-5-7-14/h3-11,20H,12H2,1-2H3. The molecule has 1 aromatic heterocycles. The summed E-state index contributed by atoms with van der Waals surface area (Å²) in [6, 6.07) is 15.2. The number of benzene rings is 2. The van der Waals surface area contributed by atoms with Crippen molar-refractivity contribution in [3.8, 4) is 11.3 Å². The third-order valence-corrected chi connectivity index (χ3v) is 3.69. The van der Waals surface area contributed by atoms with Gasteiger partial charge in [-0.1, -0.05) is 30.3 Å². The molecule has 0 amide bonds. The third-order valence-electron chi connectivity index (χ3n) is 3.69. The molecule has 0 saturated carbocycles. The van der Waals surface area contributed by atoms with E-state index in [4.69, 9.17) is 9.15 Å². The Labute approximate surface area is 140 Å². The number of esters is 1. The number of ether oxygens (including phenoxy) is 1. The summed E-state index contributed by atoms with van der Waals surface area (Å²) >= 11 is 0. The minimum absolute atomic E-state index is 0.343. The predicted octanol–water partition coefficient (Wildman–Crippen LogP) is 4.05. The van der Waals surface area contributed by atoms with Crippen molar-refractivity contribution in [2.45, 2.75) is 13.5 Å². The Bertz CT molecular complexity index is 841. The van der Waals surface area contributed by atoms with Crippen LogP contribution in [0.3, 0.4) is 0 Å². The van der Waals surface area contributed by atoms with Gasteiger partial charge in [0.15, 0.2) is 5.76 Å². The quantitative estimate of drug-likeness (QED) is 0.718. The minimum atomic E-state index is -0.343. The summed E-state index contributed by atoms with van der Waals surface area (Å²) in [7, 11) is 1.37. The van der Waals surface area contributed by atoms with Crippen LogP contribution in [0.25, 0.3) is 11.3 Å². The second kappa shape index (κ2) is 7.00. The molecule has 1 heterocycles. The van der Waals surface area contributed by atoms with E-state index in [1.165, 1.54) is 7.11 Å². The second-order valence-corrected chi connectivity index (χ2v) is 5.36. The number of aromatic nitrogens is 1. The number of aryl methyl sites for hydroxylation is 1. The van der Waals surface area contributed by atoms with Crippen molar-refractivity contribution in [3.63, 3.8) is 0 Å². The molecule has 0 aliphatic rings. The molecule has 0 fully saturated rings. The maximum Gasteiger partial charge on any atom is 0.337 e. The highest BCUT2D eigenvalue weighted by molar-refractivity contribution is 5.90. The summed E-state index contributed by atoms with van der Waals surface area (Å²) in [6.07, 6.45) is 1.72. The van der Waals surface area contributed by atoms with E-state index >= 15 is 0 Å². The topological polar surface area (TPSA) is 64.4 Å². The average molecular weight is 322 g/mol. The first-order chi connectivity index (χ1) is 11.7. The summed E-state index contributed by atoms with van der Waals surface area (Å²) in [5.41, 5.74) is 3.40. The molecule has 24 heavy (non-hydrogen) atoms. The van der Waals surface area contributed by atoms with Crippen LogP contribution in [0.5, 0.6) is 0 Å². The van der Waals surface area contributed by atoms with Crippen molar-refractivity contribution in [1.82, 2.24) is 4.98 Å². The Morgan fingerprint density at radius 2 is 2.00 bits per heavy atom. The number of oxazole rings is 1. The van der Waals surface area contributed by atoms with Crippen molar-refractivity contribution in [2.75, 3.05) is 12.4 Å². The van der Waals surface area contributed by atoms with Gasteiger partial charge in [0.1, 0.15) is 0 Å². The normalized spacial score (nSPS) is 10.4. The van der Waals surface area contributed by atoms with E-state index in [-0.39, 0.29) is 5.97 Å². The lowest BCUT2D eigenvalue weighted by atomic mass is 10.1. The number of nitrogens with zero attached hydrogens (tertiary/aromatic N) is 1. The SMILES string of the molecule is COC(=O)c1ccc(NCc2ncc(-c3ccccc3)o2)c(C)c1. The number of hydrogen-bond acceptors (Lipinski definition) is 5. The number of anilines is 1. The van der Waals surface area contributed by atoms with Crippen LogP contribution in [-0.2, 0) is 11.3 Å². The zero-order chi connectivity index (χ0) is 16.9. The molecule has 5 heteroatoms. The zero-order valence-corrected chi connectivity index (χ0v) is 13.6. The highest BCUT2D eigenvalue weighted by Crippen LogP contribution is 2.21. The van der Waals surface area contributed by atoms with Gasteiger partial charge in [-0.25, -0.2) is 9.78 Å². The van der Waals surface area contributed by atoms with E-state index in [0.717, 1.165) is 22.6 Å². The summed E-state index contributed by atoms with van der Waals surface area (Å²) in [5.74, 6) is 1.00. The van der Waals surface area contributed by atoms with Gasteiger partial charge in [0.25, 0.3) is 0 Å². The Hall–Kier alpha value is -3.08. The molecule has 0 bridgehead atoms. The first kappa shape index (κ1) is 15.8. The highest BCUT2D eigenvalue weighted by atomic mass is 16.5. The largest absolute Gasteiger partial charge is 0.465 e. The molecule has 0 atom stereocenters. The van der Waals surface area contributed by atoms with Crippen LogP contribution in [0.4, 0.5) is 5.69 Å². The molecule has 3 aromatic rings. The fraction of sp³-hybridized carbons (Fsp3) is 0.158. The maximum atomic E-state index is 11.5. The first-order valence-corrected chi connectivity index (χ1v) is 7.60. The van der Waals surface area contributed by atoms with Gasteiger partial charge in [0, 0.05) is 11.3 Å². The van der Waals surface area contributed by atoms with Crippen molar-refractivity contribution in [3.05, 3.63) is 71.7 Å². The van der Waals surface area contributed by atoms with Crippen molar-refractivity contribution >= 4 is 11.7 Å². The van der Waals surface area contributed by atoms with Crippen LogP contribution in [0.2, 0.25) is 0 Å². The van der Waals surface area contributed by atoms with E-state index in [9.17, 15) is 4.79 Å². The molecular weight excluding hydrogens is 304 g/mol. The molecule has 5 nitrogen and oxygen atoms in total. The summed E-state index contributed by atoms with van der Waals surface area (Å²) in [6.45, 7) is 2.39. The fourth-order valence-corrected chi connectivity index (χ4v) is 2.41. The van der Waals surface area contributed by atoms with E-state index < -0.39 is 0 Å². The molecule has 0 unspecified atom stereocenters. The van der Waals surface area contributed by atoms with Crippen LogP contribution in [0.15, 0.2) is 59.1 Å². The number of methoxy groups -OCH3 is 1.